The Hall–Kier alpha value is -2.40. The van der Waals surface area contributed by atoms with Crippen molar-refractivity contribution in [1.29, 1.82) is 0 Å². The van der Waals surface area contributed by atoms with Crippen LogP contribution in [0, 0.1) is 0 Å². The SMILES string of the molecule is CC(C)(C)N1CCN(Cc2ccc3c(c2)[nH]c2ccc(-c4cccc(Cl)c4)nc23)CC1. The summed E-state index contributed by atoms with van der Waals surface area (Å²) in [7, 11) is 0. The Kier molecular flexibility index (Phi) is 5.25. The van der Waals surface area contributed by atoms with E-state index in [0.29, 0.717) is 0 Å². The van der Waals surface area contributed by atoms with Crippen LogP contribution in [0.4, 0.5) is 0 Å². The van der Waals surface area contributed by atoms with E-state index in [0.717, 1.165) is 65.6 Å². The molecule has 3 heterocycles. The smallest absolute Gasteiger partial charge is 0.0965 e. The first-order valence-corrected chi connectivity index (χ1v) is 11.4. The maximum atomic E-state index is 6.17. The summed E-state index contributed by atoms with van der Waals surface area (Å²) in [5, 5.41) is 1.89. The fourth-order valence-electron chi connectivity index (χ4n) is 4.55. The van der Waals surface area contributed by atoms with Gasteiger partial charge in [-0.3, -0.25) is 9.80 Å². The summed E-state index contributed by atoms with van der Waals surface area (Å²) in [6.07, 6.45) is 0. The summed E-state index contributed by atoms with van der Waals surface area (Å²) in [4.78, 5) is 13.6. The summed E-state index contributed by atoms with van der Waals surface area (Å²) in [5.41, 5.74) is 6.81. The number of hydrogen-bond donors (Lipinski definition) is 1. The maximum absolute atomic E-state index is 6.17. The molecule has 0 atom stereocenters. The zero-order chi connectivity index (χ0) is 21.6. The van der Waals surface area contributed by atoms with Crippen LogP contribution in [0.1, 0.15) is 26.3 Å². The van der Waals surface area contributed by atoms with Gasteiger partial charge in [0.15, 0.2) is 0 Å². The van der Waals surface area contributed by atoms with Gasteiger partial charge in [0.2, 0.25) is 0 Å². The highest BCUT2D eigenvalue weighted by molar-refractivity contribution is 6.30. The number of rotatable bonds is 3. The van der Waals surface area contributed by atoms with E-state index in [4.69, 9.17) is 16.6 Å². The van der Waals surface area contributed by atoms with Crippen molar-refractivity contribution in [2.24, 2.45) is 0 Å². The first-order valence-electron chi connectivity index (χ1n) is 11.0. The second-order valence-electron chi connectivity index (χ2n) is 9.54. The summed E-state index contributed by atoms with van der Waals surface area (Å²) >= 11 is 6.17. The van der Waals surface area contributed by atoms with Gasteiger partial charge in [0.1, 0.15) is 0 Å². The predicted octanol–water partition coefficient (Wildman–Crippen LogP) is 5.95. The molecule has 4 nitrogen and oxygen atoms in total. The molecular weight excluding hydrogens is 404 g/mol. The molecule has 1 aliphatic heterocycles. The van der Waals surface area contributed by atoms with Gasteiger partial charge in [-0.25, -0.2) is 4.98 Å². The molecule has 2 aromatic heterocycles. The minimum atomic E-state index is 0.256. The number of benzene rings is 2. The monoisotopic (exact) mass is 432 g/mol. The van der Waals surface area contributed by atoms with Crippen LogP contribution in [-0.2, 0) is 6.54 Å². The quantitative estimate of drug-likeness (QED) is 0.434. The number of piperazine rings is 1. The van der Waals surface area contributed by atoms with E-state index in [1.54, 1.807) is 0 Å². The molecule has 0 radical (unpaired) electrons. The van der Waals surface area contributed by atoms with Crippen LogP contribution < -0.4 is 0 Å². The van der Waals surface area contributed by atoms with Crippen molar-refractivity contribution in [3.8, 4) is 11.3 Å². The van der Waals surface area contributed by atoms with Crippen LogP contribution in [0.3, 0.4) is 0 Å². The molecular formula is C26H29ClN4. The van der Waals surface area contributed by atoms with Gasteiger partial charge in [-0.05, 0) is 56.7 Å². The number of nitrogens with zero attached hydrogens (tertiary/aromatic N) is 3. The number of nitrogens with one attached hydrogen (secondary N) is 1. The molecule has 2 aromatic carbocycles. The average Bonchev–Trinajstić information content (AvgIpc) is 3.10. The van der Waals surface area contributed by atoms with Gasteiger partial charge in [-0.1, -0.05) is 35.9 Å². The van der Waals surface area contributed by atoms with Crippen molar-refractivity contribution in [3.63, 3.8) is 0 Å². The zero-order valence-corrected chi connectivity index (χ0v) is 19.2. The van der Waals surface area contributed by atoms with Gasteiger partial charge in [-0.2, -0.15) is 0 Å². The van der Waals surface area contributed by atoms with E-state index in [1.807, 2.05) is 24.3 Å². The molecule has 1 N–H and O–H groups in total. The standard InChI is InChI=1S/C26H29ClN4/c1-26(2,3)31-13-11-30(12-14-31)17-18-7-8-21-24(15-18)28-23-10-9-22(29-25(21)23)19-5-4-6-20(27)16-19/h4-10,15-16,28H,11-14,17H2,1-3H3. The van der Waals surface area contributed by atoms with Crippen LogP contribution in [0.2, 0.25) is 5.02 Å². The zero-order valence-electron chi connectivity index (χ0n) is 18.5. The van der Waals surface area contributed by atoms with Gasteiger partial charge in [0.05, 0.1) is 16.7 Å². The number of H-pyrrole nitrogens is 1. The van der Waals surface area contributed by atoms with E-state index < -0.39 is 0 Å². The second kappa shape index (κ2) is 7.94. The van der Waals surface area contributed by atoms with E-state index in [-0.39, 0.29) is 5.54 Å². The largest absolute Gasteiger partial charge is 0.353 e. The normalized spacial score (nSPS) is 16.4. The molecule has 0 unspecified atom stereocenters. The summed E-state index contributed by atoms with van der Waals surface area (Å²) in [5.74, 6) is 0. The third kappa shape index (κ3) is 4.20. The highest BCUT2D eigenvalue weighted by Crippen LogP contribution is 2.29. The molecule has 160 valence electrons. The van der Waals surface area contributed by atoms with Crippen molar-refractivity contribution < 1.29 is 0 Å². The fraction of sp³-hybridized carbons (Fsp3) is 0.346. The Morgan fingerprint density at radius 1 is 0.935 bits per heavy atom. The van der Waals surface area contributed by atoms with Crippen molar-refractivity contribution in [2.45, 2.75) is 32.9 Å². The molecule has 0 spiro atoms. The predicted molar refractivity (Wildman–Crippen MR) is 131 cm³/mol. The van der Waals surface area contributed by atoms with Gasteiger partial charge < -0.3 is 4.98 Å². The molecule has 5 heteroatoms. The summed E-state index contributed by atoms with van der Waals surface area (Å²) < 4.78 is 0. The first-order chi connectivity index (χ1) is 14.9. The average molecular weight is 433 g/mol. The van der Waals surface area contributed by atoms with Crippen molar-refractivity contribution >= 4 is 33.5 Å². The molecule has 0 bridgehead atoms. The van der Waals surface area contributed by atoms with Crippen LogP contribution in [0.15, 0.2) is 54.6 Å². The van der Waals surface area contributed by atoms with Crippen LogP contribution in [0.25, 0.3) is 33.2 Å². The third-order valence-corrected chi connectivity index (χ3v) is 6.59. The van der Waals surface area contributed by atoms with E-state index in [9.17, 15) is 0 Å². The number of pyridine rings is 1. The van der Waals surface area contributed by atoms with Crippen LogP contribution in [0.5, 0.6) is 0 Å². The highest BCUT2D eigenvalue weighted by Gasteiger charge is 2.25. The second-order valence-corrected chi connectivity index (χ2v) is 9.98. The van der Waals surface area contributed by atoms with Crippen LogP contribution in [-0.4, -0.2) is 51.5 Å². The molecule has 0 amide bonds. The summed E-state index contributed by atoms with van der Waals surface area (Å²) in [6.45, 7) is 12.4. The minimum absolute atomic E-state index is 0.256. The molecule has 5 rings (SSSR count). The number of hydrogen-bond acceptors (Lipinski definition) is 3. The number of fused-ring (bicyclic) bond motifs is 3. The molecule has 1 saturated heterocycles. The van der Waals surface area contributed by atoms with E-state index in [2.05, 4.69) is 65.9 Å². The Bertz CT molecular complexity index is 1230. The molecule has 4 aromatic rings. The Morgan fingerprint density at radius 2 is 1.74 bits per heavy atom. The number of aromatic amines is 1. The van der Waals surface area contributed by atoms with Crippen molar-refractivity contribution in [3.05, 3.63) is 65.2 Å². The molecule has 1 fully saturated rings. The maximum Gasteiger partial charge on any atom is 0.0965 e. The topological polar surface area (TPSA) is 35.2 Å². The molecule has 0 aliphatic carbocycles. The van der Waals surface area contributed by atoms with Crippen LogP contribution >= 0.6 is 11.6 Å². The van der Waals surface area contributed by atoms with Crippen molar-refractivity contribution in [2.75, 3.05) is 26.2 Å². The minimum Gasteiger partial charge on any atom is -0.353 e. The highest BCUT2D eigenvalue weighted by atomic mass is 35.5. The Morgan fingerprint density at radius 3 is 2.48 bits per heavy atom. The molecule has 0 saturated carbocycles. The lowest BCUT2D eigenvalue weighted by Gasteiger charge is -2.42. The lowest BCUT2D eigenvalue weighted by Crippen LogP contribution is -2.53. The Labute approximate surface area is 188 Å². The lowest BCUT2D eigenvalue weighted by molar-refractivity contribution is 0.0591. The van der Waals surface area contributed by atoms with Gasteiger partial charge >= 0.3 is 0 Å². The number of aromatic nitrogens is 2. The van der Waals surface area contributed by atoms with Gasteiger partial charge in [0.25, 0.3) is 0 Å². The van der Waals surface area contributed by atoms with Crippen molar-refractivity contribution in [1.82, 2.24) is 19.8 Å². The number of halogens is 1. The fourth-order valence-corrected chi connectivity index (χ4v) is 4.74. The van der Waals surface area contributed by atoms with Gasteiger partial charge in [0, 0.05) is 59.8 Å². The van der Waals surface area contributed by atoms with Gasteiger partial charge in [-0.15, -0.1) is 0 Å². The Balaban J connectivity index is 1.39. The third-order valence-electron chi connectivity index (χ3n) is 6.35. The van der Waals surface area contributed by atoms with E-state index in [1.165, 1.54) is 10.9 Å². The van der Waals surface area contributed by atoms with E-state index >= 15 is 0 Å². The molecule has 31 heavy (non-hydrogen) atoms. The summed E-state index contributed by atoms with van der Waals surface area (Å²) in [6, 6.07) is 18.8. The first kappa shape index (κ1) is 20.5. The lowest BCUT2D eigenvalue weighted by atomic mass is 10.0. The molecule has 1 aliphatic rings.